The molecule has 2 heterocycles. The van der Waals surface area contributed by atoms with Gasteiger partial charge in [-0.25, -0.2) is 0 Å². The van der Waals surface area contributed by atoms with Crippen LogP contribution in [0.1, 0.15) is 28.2 Å². The quantitative estimate of drug-likeness (QED) is 0.684. The standard InChI is InChI=1S/C25H30N4O/c1-18-16-24(19(2)29(18)22-8-6-5-7-9-22)25(30)26-20-10-12-21(13-11-20)28-15-14-23(17-28)27(3)4/h5-13,16,23H,14-15,17H2,1-4H3,(H,26,30). The number of amides is 1. The van der Waals surface area contributed by atoms with Crippen molar-refractivity contribution in [1.82, 2.24) is 9.47 Å². The van der Waals surface area contributed by atoms with Gasteiger partial charge < -0.3 is 19.7 Å². The minimum Gasteiger partial charge on any atom is -0.370 e. The predicted molar refractivity (Wildman–Crippen MR) is 124 cm³/mol. The molecule has 1 aliphatic heterocycles. The first-order valence-corrected chi connectivity index (χ1v) is 10.5. The molecule has 1 amide bonds. The largest absolute Gasteiger partial charge is 0.370 e. The number of aryl methyl sites for hydroxylation is 1. The lowest BCUT2D eigenvalue weighted by Crippen LogP contribution is -2.31. The van der Waals surface area contributed by atoms with E-state index in [-0.39, 0.29) is 5.91 Å². The van der Waals surface area contributed by atoms with E-state index < -0.39 is 0 Å². The molecule has 1 aromatic heterocycles. The highest BCUT2D eigenvalue weighted by Crippen LogP contribution is 2.25. The van der Waals surface area contributed by atoms with Crippen molar-refractivity contribution < 1.29 is 4.79 Å². The lowest BCUT2D eigenvalue weighted by atomic mass is 10.2. The van der Waals surface area contributed by atoms with E-state index in [2.05, 4.69) is 58.0 Å². The molecule has 5 nitrogen and oxygen atoms in total. The average Bonchev–Trinajstić information content (AvgIpc) is 3.34. The molecule has 3 aromatic rings. The van der Waals surface area contributed by atoms with Gasteiger partial charge in [0.15, 0.2) is 0 Å². The van der Waals surface area contributed by atoms with Gasteiger partial charge in [0.2, 0.25) is 0 Å². The summed E-state index contributed by atoms with van der Waals surface area (Å²) in [6, 6.07) is 20.9. The summed E-state index contributed by atoms with van der Waals surface area (Å²) >= 11 is 0. The van der Waals surface area contributed by atoms with E-state index >= 15 is 0 Å². The fraction of sp³-hybridized carbons (Fsp3) is 0.320. The lowest BCUT2D eigenvalue weighted by molar-refractivity contribution is 0.102. The Bertz CT molecular complexity index is 1020. The predicted octanol–water partition coefficient (Wildman–Crippen LogP) is 4.49. The Balaban J connectivity index is 1.47. The Morgan fingerprint density at radius 3 is 2.33 bits per heavy atom. The molecule has 0 aliphatic carbocycles. The molecule has 1 atom stereocenters. The van der Waals surface area contributed by atoms with Gasteiger partial charge in [0.25, 0.3) is 5.91 Å². The van der Waals surface area contributed by atoms with Crippen molar-refractivity contribution in [2.45, 2.75) is 26.3 Å². The Hall–Kier alpha value is -3.05. The number of anilines is 2. The van der Waals surface area contributed by atoms with Crippen LogP contribution >= 0.6 is 0 Å². The van der Waals surface area contributed by atoms with Crippen LogP contribution in [0, 0.1) is 13.8 Å². The molecule has 4 rings (SSSR count). The van der Waals surface area contributed by atoms with E-state index in [1.807, 2.05) is 50.2 Å². The molecule has 30 heavy (non-hydrogen) atoms. The third-order valence-corrected chi connectivity index (χ3v) is 6.07. The number of carbonyl (C=O) groups excluding carboxylic acids is 1. The Morgan fingerprint density at radius 2 is 1.70 bits per heavy atom. The van der Waals surface area contributed by atoms with Crippen molar-refractivity contribution in [3.63, 3.8) is 0 Å². The molecule has 0 radical (unpaired) electrons. The molecule has 1 saturated heterocycles. The van der Waals surface area contributed by atoms with Gasteiger partial charge in [0.05, 0.1) is 5.56 Å². The number of para-hydroxylation sites is 1. The summed E-state index contributed by atoms with van der Waals surface area (Å²) in [5, 5.41) is 3.06. The van der Waals surface area contributed by atoms with Crippen molar-refractivity contribution in [1.29, 1.82) is 0 Å². The molecular weight excluding hydrogens is 372 g/mol. The summed E-state index contributed by atoms with van der Waals surface area (Å²) < 4.78 is 2.12. The van der Waals surface area contributed by atoms with E-state index in [4.69, 9.17) is 0 Å². The smallest absolute Gasteiger partial charge is 0.257 e. The zero-order valence-corrected chi connectivity index (χ0v) is 18.2. The summed E-state index contributed by atoms with van der Waals surface area (Å²) in [5.41, 5.74) is 5.78. The van der Waals surface area contributed by atoms with Crippen molar-refractivity contribution in [3.05, 3.63) is 77.6 Å². The second kappa shape index (κ2) is 8.36. The van der Waals surface area contributed by atoms with Gasteiger partial charge in [0.1, 0.15) is 0 Å². The first-order valence-electron chi connectivity index (χ1n) is 10.5. The zero-order chi connectivity index (χ0) is 21.3. The van der Waals surface area contributed by atoms with Crippen molar-refractivity contribution in [3.8, 4) is 5.69 Å². The molecule has 0 spiro atoms. The topological polar surface area (TPSA) is 40.5 Å². The third kappa shape index (κ3) is 3.98. The van der Waals surface area contributed by atoms with Crippen LogP contribution in [0.5, 0.6) is 0 Å². The number of nitrogens with zero attached hydrogens (tertiary/aromatic N) is 3. The first-order chi connectivity index (χ1) is 14.4. The van der Waals surface area contributed by atoms with E-state index in [0.717, 1.165) is 35.9 Å². The first kappa shape index (κ1) is 20.2. The van der Waals surface area contributed by atoms with E-state index in [1.165, 1.54) is 12.1 Å². The fourth-order valence-corrected chi connectivity index (χ4v) is 4.32. The van der Waals surface area contributed by atoms with Crippen LogP contribution in [0.15, 0.2) is 60.7 Å². The van der Waals surface area contributed by atoms with Gasteiger partial charge in [-0.05, 0) is 76.8 Å². The van der Waals surface area contributed by atoms with Gasteiger partial charge in [-0.1, -0.05) is 18.2 Å². The maximum absolute atomic E-state index is 13.0. The van der Waals surface area contributed by atoms with Crippen LogP contribution in [-0.4, -0.2) is 48.6 Å². The van der Waals surface area contributed by atoms with Crippen LogP contribution in [0.3, 0.4) is 0 Å². The monoisotopic (exact) mass is 402 g/mol. The highest BCUT2D eigenvalue weighted by atomic mass is 16.1. The van der Waals surface area contributed by atoms with Gasteiger partial charge in [-0.3, -0.25) is 4.79 Å². The summed E-state index contributed by atoms with van der Waals surface area (Å²) in [7, 11) is 4.28. The van der Waals surface area contributed by atoms with Gasteiger partial charge in [-0.15, -0.1) is 0 Å². The molecule has 1 unspecified atom stereocenters. The van der Waals surface area contributed by atoms with Gasteiger partial charge >= 0.3 is 0 Å². The van der Waals surface area contributed by atoms with Crippen LogP contribution in [0.25, 0.3) is 5.69 Å². The van der Waals surface area contributed by atoms with Crippen molar-refractivity contribution >= 4 is 17.3 Å². The highest BCUT2D eigenvalue weighted by Gasteiger charge is 2.24. The number of nitrogens with one attached hydrogen (secondary N) is 1. The molecule has 0 saturated carbocycles. The third-order valence-electron chi connectivity index (χ3n) is 6.07. The van der Waals surface area contributed by atoms with E-state index in [1.54, 1.807) is 0 Å². The zero-order valence-electron chi connectivity index (χ0n) is 18.2. The van der Waals surface area contributed by atoms with Crippen LogP contribution in [0.4, 0.5) is 11.4 Å². The highest BCUT2D eigenvalue weighted by molar-refractivity contribution is 6.05. The second-order valence-corrected chi connectivity index (χ2v) is 8.31. The van der Waals surface area contributed by atoms with Crippen LogP contribution in [0.2, 0.25) is 0 Å². The van der Waals surface area contributed by atoms with Crippen LogP contribution < -0.4 is 10.2 Å². The fourth-order valence-electron chi connectivity index (χ4n) is 4.32. The minimum absolute atomic E-state index is 0.0770. The molecule has 0 bridgehead atoms. The number of hydrogen-bond donors (Lipinski definition) is 1. The number of likely N-dealkylation sites (N-methyl/N-ethyl adjacent to an activating group) is 1. The average molecular weight is 403 g/mol. The maximum atomic E-state index is 13.0. The number of aromatic nitrogens is 1. The normalized spacial score (nSPS) is 16.3. The molecule has 1 fully saturated rings. The van der Waals surface area contributed by atoms with Crippen molar-refractivity contribution in [2.75, 3.05) is 37.4 Å². The summed E-state index contributed by atoms with van der Waals surface area (Å²) in [5.74, 6) is -0.0770. The Labute approximate surface area is 178 Å². The summed E-state index contributed by atoms with van der Waals surface area (Å²) in [4.78, 5) is 17.6. The Morgan fingerprint density at radius 1 is 1.00 bits per heavy atom. The van der Waals surface area contributed by atoms with E-state index in [0.29, 0.717) is 11.6 Å². The lowest BCUT2D eigenvalue weighted by Gasteiger charge is -2.22. The van der Waals surface area contributed by atoms with E-state index in [9.17, 15) is 4.79 Å². The number of hydrogen-bond acceptors (Lipinski definition) is 3. The second-order valence-electron chi connectivity index (χ2n) is 8.31. The molecule has 156 valence electrons. The molecule has 1 aliphatic rings. The summed E-state index contributed by atoms with van der Waals surface area (Å²) in [6.07, 6.45) is 1.18. The molecular formula is C25H30N4O. The van der Waals surface area contributed by atoms with Crippen LogP contribution in [-0.2, 0) is 0 Å². The van der Waals surface area contributed by atoms with Crippen molar-refractivity contribution in [2.24, 2.45) is 0 Å². The molecule has 2 aromatic carbocycles. The van der Waals surface area contributed by atoms with Gasteiger partial charge in [0, 0.05) is 47.6 Å². The van der Waals surface area contributed by atoms with Gasteiger partial charge in [-0.2, -0.15) is 0 Å². The number of benzene rings is 2. The maximum Gasteiger partial charge on any atom is 0.257 e. The molecule has 1 N–H and O–H groups in total. The number of rotatable bonds is 5. The summed E-state index contributed by atoms with van der Waals surface area (Å²) in [6.45, 7) is 6.14. The number of carbonyl (C=O) groups is 1. The molecule has 5 heteroatoms. The Kier molecular flexibility index (Phi) is 5.64. The SMILES string of the molecule is Cc1cc(C(=O)Nc2ccc(N3CCC(N(C)C)C3)cc2)c(C)n1-c1ccccc1. The minimum atomic E-state index is -0.0770.